The van der Waals surface area contributed by atoms with Crippen LogP contribution in [0.5, 0.6) is 0 Å². The summed E-state index contributed by atoms with van der Waals surface area (Å²) in [5, 5.41) is 3.46. The van der Waals surface area contributed by atoms with Crippen LogP contribution >= 0.6 is 0 Å². The lowest BCUT2D eigenvalue weighted by atomic mass is 9.97. The van der Waals surface area contributed by atoms with Crippen LogP contribution in [0.3, 0.4) is 0 Å². The van der Waals surface area contributed by atoms with Gasteiger partial charge in [0.2, 0.25) is 11.9 Å². The van der Waals surface area contributed by atoms with E-state index >= 15 is 0 Å². The highest BCUT2D eigenvalue weighted by Crippen LogP contribution is 2.36. The Balaban J connectivity index is 1.14. The van der Waals surface area contributed by atoms with E-state index in [4.69, 9.17) is 9.97 Å². The van der Waals surface area contributed by atoms with Gasteiger partial charge in [0, 0.05) is 44.8 Å². The lowest BCUT2D eigenvalue weighted by Crippen LogP contribution is -1.95. The van der Waals surface area contributed by atoms with Crippen LogP contribution in [0.1, 0.15) is 5.56 Å². The van der Waals surface area contributed by atoms with Crippen molar-refractivity contribution in [3.05, 3.63) is 157 Å². The number of benzene rings is 5. The monoisotopic (exact) mass is 636 g/mol. The van der Waals surface area contributed by atoms with Crippen LogP contribution in [0.2, 0.25) is 0 Å². The van der Waals surface area contributed by atoms with Gasteiger partial charge >= 0.3 is 0 Å². The van der Waals surface area contributed by atoms with E-state index in [2.05, 4.69) is 16.0 Å². The molecule has 5 aromatic carbocycles. The Morgan fingerprint density at radius 1 is 0.388 bits per heavy atom. The summed E-state index contributed by atoms with van der Waals surface area (Å²) in [6, 6.07) is 44.6. The SMILES string of the molecule is Cc1cc(-c2ccc3ccc4c(-c5ccccc5)cc(F)nc4c3n2)ccc1-c1ccc2ccc3c(-c4ccccc4)cc(F)nc3c2n1. The molecule has 4 nitrogen and oxygen atoms in total. The predicted molar refractivity (Wildman–Crippen MR) is 194 cm³/mol. The number of aromatic nitrogens is 4. The summed E-state index contributed by atoms with van der Waals surface area (Å²) < 4.78 is 29.9. The van der Waals surface area contributed by atoms with Gasteiger partial charge in [-0.2, -0.15) is 8.78 Å². The molecule has 4 aromatic heterocycles. The average Bonchev–Trinajstić information content (AvgIpc) is 3.14. The Hall–Kier alpha value is -6.40. The fourth-order valence-corrected chi connectivity index (χ4v) is 6.81. The molecule has 0 spiro atoms. The summed E-state index contributed by atoms with van der Waals surface area (Å²) in [6.45, 7) is 2.04. The van der Waals surface area contributed by atoms with Crippen molar-refractivity contribution < 1.29 is 8.78 Å². The van der Waals surface area contributed by atoms with E-state index in [0.29, 0.717) is 22.1 Å². The topological polar surface area (TPSA) is 51.6 Å². The van der Waals surface area contributed by atoms with Gasteiger partial charge in [0.1, 0.15) is 11.0 Å². The van der Waals surface area contributed by atoms with Gasteiger partial charge in [-0.15, -0.1) is 0 Å². The zero-order valence-corrected chi connectivity index (χ0v) is 26.3. The minimum atomic E-state index is -0.545. The van der Waals surface area contributed by atoms with E-state index in [1.54, 1.807) is 0 Å². The molecule has 0 saturated carbocycles. The maximum Gasteiger partial charge on any atom is 0.214 e. The van der Waals surface area contributed by atoms with E-state index in [-0.39, 0.29) is 0 Å². The molecule has 0 aliphatic rings. The van der Waals surface area contributed by atoms with Crippen LogP contribution in [-0.2, 0) is 0 Å². The van der Waals surface area contributed by atoms with Crippen molar-refractivity contribution in [2.75, 3.05) is 0 Å². The Morgan fingerprint density at radius 3 is 1.41 bits per heavy atom. The third-order valence-electron chi connectivity index (χ3n) is 9.18. The van der Waals surface area contributed by atoms with Gasteiger partial charge in [-0.25, -0.2) is 19.9 Å². The second-order valence-corrected chi connectivity index (χ2v) is 12.2. The quantitative estimate of drug-likeness (QED) is 0.142. The molecule has 6 heteroatoms. The minimum absolute atomic E-state index is 0.527. The van der Waals surface area contributed by atoms with Gasteiger partial charge in [0.05, 0.1) is 22.4 Å². The van der Waals surface area contributed by atoms with Gasteiger partial charge in [0.25, 0.3) is 0 Å². The first-order valence-electron chi connectivity index (χ1n) is 16.0. The Labute approximate surface area is 280 Å². The highest BCUT2D eigenvalue weighted by atomic mass is 19.1. The molecule has 49 heavy (non-hydrogen) atoms. The highest BCUT2D eigenvalue weighted by molar-refractivity contribution is 6.09. The van der Waals surface area contributed by atoms with Gasteiger partial charge in [-0.3, -0.25) is 0 Å². The van der Waals surface area contributed by atoms with Crippen molar-refractivity contribution in [2.24, 2.45) is 0 Å². The molecule has 0 aliphatic carbocycles. The molecule has 0 saturated heterocycles. The maximum absolute atomic E-state index is 14.9. The second kappa shape index (κ2) is 11.4. The summed E-state index contributed by atoms with van der Waals surface area (Å²) in [5.74, 6) is -1.09. The number of pyridine rings is 4. The molecule has 9 aromatic rings. The summed E-state index contributed by atoms with van der Waals surface area (Å²) in [4.78, 5) is 18.7. The smallest absolute Gasteiger partial charge is 0.214 e. The van der Waals surface area contributed by atoms with Gasteiger partial charge in [-0.1, -0.05) is 109 Å². The number of rotatable bonds is 4. The summed E-state index contributed by atoms with van der Waals surface area (Å²) in [7, 11) is 0. The number of hydrogen-bond donors (Lipinski definition) is 0. The van der Waals surface area contributed by atoms with Gasteiger partial charge in [-0.05, 0) is 52.9 Å². The van der Waals surface area contributed by atoms with Gasteiger partial charge < -0.3 is 0 Å². The molecular formula is C43H26F2N4. The first-order valence-corrected chi connectivity index (χ1v) is 16.0. The van der Waals surface area contributed by atoms with E-state index in [1.165, 1.54) is 12.1 Å². The molecule has 0 radical (unpaired) electrons. The lowest BCUT2D eigenvalue weighted by molar-refractivity contribution is 0.589. The van der Waals surface area contributed by atoms with Crippen molar-refractivity contribution >= 4 is 43.6 Å². The van der Waals surface area contributed by atoms with Crippen molar-refractivity contribution in [1.29, 1.82) is 0 Å². The lowest BCUT2D eigenvalue weighted by Gasteiger charge is -2.12. The molecule has 0 fully saturated rings. The fraction of sp³-hybridized carbons (Fsp3) is 0.0233. The molecule has 0 atom stereocenters. The van der Waals surface area contributed by atoms with Crippen LogP contribution in [0.25, 0.3) is 88.4 Å². The van der Waals surface area contributed by atoms with E-state index in [9.17, 15) is 8.78 Å². The van der Waals surface area contributed by atoms with Crippen LogP contribution in [0.4, 0.5) is 8.78 Å². The fourth-order valence-electron chi connectivity index (χ4n) is 6.81. The normalized spacial score (nSPS) is 11.6. The molecule has 4 heterocycles. The minimum Gasteiger partial charge on any atom is -0.245 e. The number of aryl methyl sites for hydroxylation is 1. The number of nitrogens with zero attached hydrogens (tertiary/aromatic N) is 4. The second-order valence-electron chi connectivity index (χ2n) is 12.2. The van der Waals surface area contributed by atoms with E-state index in [1.807, 2.05) is 128 Å². The molecule has 0 N–H and O–H groups in total. The standard InChI is InChI=1S/C43H26F2N4/c1-25-22-30(36-20-15-28-12-18-32-34(26-8-4-2-5-9-26)23-38(44)48-42(32)40(28)46-36)14-17-31(25)37-21-16-29-13-19-33-35(27-10-6-3-7-11-27)24-39(45)49-43(33)41(29)47-37/h2-24H,1H3. The number of halogens is 2. The average molecular weight is 637 g/mol. The van der Waals surface area contributed by atoms with E-state index < -0.39 is 11.9 Å². The van der Waals surface area contributed by atoms with Crippen molar-refractivity contribution in [1.82, 2.24) is 19.9 Å². The van der Waals surface area contributed by atoms with Crippen LogP contribution in [-0.4, -0.2) is 19.9 Å². The molecule has 0 aliphatic heterocycles. The first kappa shape index (κ1) is 28.8. The molecule has 0 amide bonds. The van der Waals surface area contributed by atoms with Crippen LogP contribution < -0.4 is 0 Å². The molecule has 0 bridgehead atoms. The summed E-state index contributed by atoms with van der Waals surface area (Å²) in [6.07, 6.45) is 0. The van der Waals surface area contributed by atoms with Crippen molar-refractivity contribution in [2.45, 2.75) is 6.92 Å². The molecule has 232 valence electrons. The predicted octanol–water partition coefficient (Wildman–Crippen LogP) is 11.1. The summed E-state index contributed by atoms with van der Waals surface area (Å²) in [5.41, 5.74) is 10.1. The van der Waals surface area contributed by atoms with Crippen LogP contribution in [0, 0.1) is 18.8 Å². The Morgan fingerprint density at radius 2 is 0.878 bits per heavy atom. The third kappa shape index (κ3) is 4.97. The summed E-state index contributed by atoms with van der Waals surface area (Å²) >= 11 is 0. The molecule has 0 unspecified atom stereocenters. The largest absolute Gasteiger partial charge is 0.245 e. The highest BCUT2D eigenvalue weighted by Gasteiger charge is 2.16. The third-order valence-corrected chi connectivity index (χ3v) is 9.18. The number of fused-ring (bicyclic) bond motifs is 6. The zero-order chi connectivity index (χ0) is 33.1. The zero-order valence-electron chi connectivity index (χ0n) is 26.3. The molecular weight excluding hydrogens is 610 g/mol. The number of hydrogen-bond acceptors (Lipinski definition) is 4. The van der Waals surface area contributed by atoms with Crippen molar-refractivity contribution in [3.8, 4) is 44.8 Å². The Kier molecular flexibility index (Phi) is 6.69. The first-order chi connectivity index (χ1) is 24.0. The Bertz CT molecular complexity index is 2750. The molecule has 9 rings (SSSR count). The van der Waals surface area contributed by atoms with Gasteiger partial charge in [0.15, 0.2) is 0 Å². The van der Waals surface area contributed by atoms with Crippen LogP contribution in [0.15, 0.2) is 140 Å². The van der Waals surface area contributed by atoms with Crippen molar-refractivity contribution in [3.63, 3.8) is 0 Å². The van der Waals surface area contributed by atoms with E-state index in [0.717, 1.165) is 71.9 Å². The maximum atomic E-state index is 14.9.